The Morgan fingerprint density at radius 1 is 1.18 bits per heavy atom. The summed E-state index contributed by atoms with van der Waals surface area (Å²) < 4.78 is 0. The molecule has 0 bridgehead atoms. The van der Waals surface area contributed by atoms with E-state index in [1.54, 1.807) is 0 Å². The second-order valence-electron chi connectivity index (χ2n) is 7.66. The first-order valence-corrected chi connectivity index (χ1v) is 10.5. The van der Waals surface area contributed by atoms with E-state index in [9.17, 15) is 4.79 Å². The summed E-state index contributed by atoms with van der Waals surface area (Å²) in [6, 6.07) is 8.43. The van der Waals surface area contributed by atoms with E-state index in [2.05, 4.69) is 60.7 Å². The Morgan fingerprint density at radius 2 is 1.93 bits per heavy atom. The third-order valence-electron chi connectivity index (χ3n) is 4.90. The average Bonchev–Trinajstić information content (AvgIpc) is 2.67. The summed E-state index contributed by atoms with van der Waals surface area (Å²) in [5.41, 5.74) is 2.67. The molecule has 5 nitrogen and oxygen atoms in total. The van der Waals surface area contributed by atoms with Crippen molar-refractivity contribution in [1.82, 2.24) is 15.5 Å². The quantitative estimate of drug-likeness (QED) is 0.234. The normalized spacial score (nSPS) is 13.7. The van der Waals surface area contributed by atoms with Crippen LogP contribution < -0.4 is 10.6 Å². The second kappa shape index (κ2) is 13.8. The standard InChI is InChI=1S/C22H36N4O.HI/c1-4-23-22(24-14-7-9-18(2)3)25-15-8-12-21(27)26-16-13-19-10-5-6-11-20(19)17-26;/h5-6,10-11,18H,4,7-9,12-17H2,1-3H3,(H2,23,24,25);1H. The van der Waals surface area contributed by atoms with Crippen molar-refractivity contribution in [2.24, 2.45) is 10.9 Å². The van der Waals surface area contributed by atoms with E-state index in [0.29, 0.717) is 13.0 Å². The number of nitrogens with zero attached hydrogens (tertiary/aromatic N) is 2. The largest absolute Gasteiger partial charge is 0.357 e. The van der Waals surface area contributed by atoms with Crippen LogP contribution in [0, 0.1) is 5.92 Å². The lowest BCUT2D eigenvalue weighted by Crippen LogP contribution is -2.38. The number of hydrogen-bond acceptors (Lipinski definition) is 2. The van der Waals surface area contributed by atoms with Gasteiger partial charge in [-0.25, -0.2) is 0 Å². The van der Waals surface area contributed by atoms with Crippen LogP contribution in [0.5, 0.6) is 0 Å². The van der Waals surface area contributed by atoms with E-state index >= 15 is 0 Å². The van der Waals surface area contributed by atoms with E-state index < -0.39 is 0 Å². The zero-order valence-corrected chi connectivity index (χ0v) is 20.0. The number of benzene rings is 1. The Labute approximate surface area is 187 Å². The fraction of sp³-hybridized carbons (Fsp3) is 0.636. The van der Waals surface area contributed by atoms with Crippen molar-refractivity contribution in [1.29, 1.82) is 0 Å². The number of fused-ring (bicyclic) bond motifs is 1. The van der Waals surface area contributed by atoms with Gasteiger partial charge >= 0.3 is 0 Å². The molecule has 1 aliphatic heterocycles. The topological polar surface area (TPSA) is 56.7 Å². The molecule has 0 atom stereocenters. The van der Waals surface area contributed by atoms with Crippen molar-refractivity contribution in [3.63, 3.8) is 0 Å². The zero-order valence-electron chi connectivity index (χ0n) is 17.7. The lowest BCUT2D eigenvalue weighted by Gasteiger charge is -2.28. The van der Waals surface area contributed by atoms with Gasteiger partial charge in [0.15, 0.2) is 5.96 Å². The van der Waals surface area contributed by atoms with Gasteiger partial charge in [-0.05, 0) is 49.7 Å². The molecule has 158 valence electrons. The average molecular weight is 500 g/mol. The van der Waals surface area contributed by atoms with Gasteiger partial charge in [0.1, 0.15) is 0 Å². The number of halogens is 1. The predicted octanol–water partition coefficient (Wildman–Crippen LogP) is 3.96. The molecule has 1 amide bonds. The molecule has 0 aliphatic carbocycles. The Bertz CT molecular complexity index is 618. The highest BCUT2D eigenvalue weighted by atomic mass is 127. The lowest BCUT2D eigenvalue weighted by atomic mass is 9.99. The molecule has 1 aromatic carbocycles. The molecule has 1 heterocycles. The molecule has 6 heteroatoms. The van der Waals surface area contributed by atoms with Gasteiger partial charge in [0.25, 0.3) is 0 Å². The van der Waals surface area contributed by atoms with Crippen molar-refractivity contribution in [3.8, 4) is 0 Å². The summed E-state index contributed by atoms with van der Waals surface area (Å²) in [6.07, 6.45) is 4.69. The van der Waals surface area contributed by atoms with Crippen LogP contribution in [0.15, 0.2) is 29.3 Å². The van der Waals surface area contributed by atoms with Crippen LogP contribution >= 0.6 is 24.0 Å². The number of guanidine groups is 1. The molecule has 1 aromatic rings. The first-order chi connectivity index (χ1) is 13.1. The molecule has 0 radical (unpaired) electrons. The van der Waals surface area contributed by atoms with Crippen LogP contribution in [0.3, 0.4) is 0 Å². The van der Waals surface area contributed by atoms with Crippen LogP contribution in [-0.2, 0) is 17.8 Å². The molecular formula is C22H37IN4O. The fourth-order valence-electron chi connectivity index (χ4n) is 3.35. The minimum Gasteiger partial charge on any atom is -0.357 e. The van der Waals surface area contributed by atoms with Crippen molar-refractivity contribution in [2.45, 2.75) is 59.4 Å². The van der Waals surface area contributed by atoms with Gasteiger partial charge in [-0.15, -0.1) is 24.0 Å². The van der Waals surface area contributed by atoms with Gasteiger partial charge in [0.2, 0.25) is 5.91 Å². The van der Waals surface area contributed by atoms with E-state index in [1.165, 1.54) is 17.5 Å². The van der Waals surface area contributed by atoms with Gasteiger partial charge in [-0.2, -0.15) is 0 Å². The van der Waals surface area contributed by atoms with Gasteiger partial charge in [0.05, 0.1) is 0 Å². The lowest BCUT2D eigenvalue weighted by molar-refractivity contribution is -0.132. The highest BCUT2D eigenvalue weighted by Crippen LogP contribution is 2.19. The molecule has 0 spiro atoms. The summed E-state index contributed by atoms with van der Waals surface area (Å²) in [5, 5.41) is 6.66. The van der Waals surface area contributed by atoms with Crippen molar-refractivity contribution < 1.29 is 4.79 Å². The Morgan fingerprint density at radius 3 is 2.64 bits per heavy atom. The smallest absolute Gasteiger partial charge is 0.222 e. The zero-order chi connectivity index (χ0) is 19.5. The van der Waals surface area contributed by atoms with Gasteiger partial charge in [0, 0.05) is 39.1 Å². The molecule has 2 rings (SSSR count). The van der Waals surface area contributed by atoms with Crippen molar-refractivity contribution in [3.05, 3.63) is 35.4 Å². The Hall–Kier alpha value is -1.31. The molecule has 0 unspecified atom stereocenters. The molecular weight excluding hydrogens is 463 g/mol. The highest BCUT2D eigenvalue weighted by molar-refractivity contribution is 14.0. The Balaban J connectivity index is 0.00000392. The van der Waals surface area contributed by atoms with Crippen LogP contribution in [-0.4, -0.2) is 42.9 Å². The predicted molar refractivity (Wildman–Crippen MR) is 128 cm³/mol. The van der Waals surface area contributed by atoms with Gasteiger partial charge in [-0.3, -0.25) is 9.79 Å². The molecule has 0 saturated heterocycles. The molecule has 2 N–H and O–H groups in total. The summed E-state index contributed by atoms with van der Waals surface area (Å²) >= 11 is 0. The molecule has 28 heavy (non-hydrogen) atoms. The number of aliphatic imine (C=N–C) groups is 1. The highest BCUT2D eigenvalue weighted by Gasteiger charge is 2.19. The first-order valence-electron chi connectivity index (χ1n) is 10.5. The van der Waals surface area contributed by atoms with Gasteiger partial charge in [-0.1, -0.05) is 38.1 Å². The summed E-state index contributed by atoms with van der Waals surface area (Å²) in [7, 11) is 0. The van der Waals surface area contributed by atoms with E-state index in [1.807, 2.05) is 4.90 Å². The molecule has 1 aliphatic rings. The second-order valence-corrected chi connectivity index (χ2v) is 7.66. The number of amides is 1. The van der Waals surface area contributed by atoms with Crippen LogP contribution in [0.4, 0.5) is 0 Å². The van der Waals surface area contributed by atoms with Crippen molar-refractivity contribution >= 4 is 35.8 Å². The summed E-state index contributed by atoms with van der Waals surface area (Å²) in [5.74, 6) is 1.84. The monoisotopic (exact) mass is 500 g/mol. The fourth-order valence-corrected chi connectivity index (χ4v) is 3.35. The minimum absolute atomic E-state index is 0. The van der Waals surface area contributed by atoms with E-state index in [0.717, 1.165) is 57.3 Å². The SMILES string of the molecule is CCNC(=NCCCC(=O)N1CCc2ccccc2C1)NCCCC(C)C.I. The Kier molecular flexibility index (Phi) is 12.2. The van der Waals surface area contributed by atoms with Gasteiger partial charge < -0.3 is 15.5 Å². The maximum atomic E-state index is 12.5. The van der Waals surface area contributed by atoms with E-state index in [4.69, 9.17) is 0 Å². The molecule has 0 aromatic heterocycles. The third-order valence-corrected chi connectivity index (χ3v) is 4.90. The summed E-state index contributed by atoms with van der Waals surface area (Å²) in [4.78, 5) is 19.1. The van der Waals surface area contributed by atoms with Crippen LogP contribution in [0.25, 0.3) is 0 Å². The number of carbonyl (C=O) groups excluding carboxylic acids is 1. The number of carbonyl (C=O) groups is 1. The minimum atomic E-state index is 0. The summed E-state index contributed by atoms with van der Waals surface area (Å²) in [6.45, 7) is 10.6. The molecule has 0 fully saturated rings. The maximum absolute atomic E-state index is 12.5. The molecule has 0 saturated carbocycles. The number of hydrogen-bond donors (Lipinski definition) is 2. The number of rotatable bonds is 9. The van der Waals surface area contributed by atoms with Crippen LogP contribution in [0.1, 0.15) is 57.6 Å². The third kappa shape index (κ3) is 8.80. The van der Waals surface area contributed by atoms with Crippen LogP contribution in [0.2, 0.25) is 0 Å². The first kappa shape index (κ1) is 24.7. The van der Waals surface area contributed by atoms with E-state index in [-0.39, 0.29) is 29.9 Å². The maximum Gasteiger partial charge on any atom is 0.222 e. The number of nitrogens with one attached hydrogen (secondary N) is 2. The van der Waals surface area contributed by atoms with Crippen molar-refractivity contribution in [2.75, 3.05) is 26.2 Å².